The molecule has 2 aliphatic carbocycles. The van der Waals surface area contributed by atoms with Crippen molar-refractivity contribution in [1.29, 1.82) is 0 Å². The minimum atomic E-state index is -1.03. The molecule has 1 aromatic rings. The van der Waals surface area contributed by atoms with E-state index in [1.54, 1.807) is 24.3 Å². The van der Waals surface area contributed by atoms with Crippen molar-refractivity contribution in [1.82, 2.24) is 4.90 Å². The van der Waals surface area contributed by atoms with E-state index in [2.05, 4.69) is 31.9 Å². The summed E-state index contributed by atoms with van der Waals surface area (Å²) >= 11 is 7.35. The van der Waals surface area contributed by atoms with Crippen LogP contribution in [0.5, 0.6) is 5.75 Å². The molecule has 0 radical (unpaired) electrons. The maximum absolute atomic E-state index is 13.4. The number of esters is 1. The van der Waals surface area contributed by atoms with Gasteiger partial charge >= 0.3 is 5.97 Å². The van der Waals surface area contributed by atoms with Crippen molar-refractivity contribution >= 4 is 55.4 Å². The molecule has 3 fully saturated rings. The van der Waals surface area contributed by atoms with E-state index in [1.807, 2.05) is 13.8 Å². The maximum Gasteiger partial charge on any atom is 0.329 e. The quantitative estimate of drug-likeness (QED) is 0.201. The molecule has 2 saturated carbocycles. The number of benzene rings is 1. The number of halogens is 2. The van der Waals surface area contributed by atoms with Crippen LogP contribution in [0.4, 0.5) is 0 Å². The number of imide groups is 1. The van der Waals surface area contributed by atoms with Crippen molar-refractivity contribution in [2.24, 2.45) is 29.6 Å². The first-order valence-electron chi connectivity index (χ1n) is 11.1. The van der Waals surface area contributed by atoms with Crippen LogP contribution in [0, 0.1) is 29.6 Å². The second-order valence-electron chi connectivity index (χ2n) is 9.46. The molecule has 0 spiro atoms. The molecule has 178 valence electrons. The molecule has 1 saturated heterocycles. The van der Waals surface area contributed by atoms with Crippen molar-refractivity contribution in [3.63, 3.8) is 0 Å². The first-order valence-corrected chi connectivity index (χ1v) is 13.0. The summed E-state index contributed by atoms with van der Waals surface area (Å²) in [6, 6.07) is 5.47. The van der Waals surface area contributed by atoms with Crippen molar-refractivity contribution in [3.05, 3.63) is 29.8 Å². The maximum atomic E-state index is 13.4. The number of Topliss-reactive ketones (excluding diaryl/α,β-unsaturated/α-hetero) is 1. The number of carbonyl (C=O) groups excluding carboxylic acids is 4. The molecule has 1 heterocycles. The zero-order valence-corrected chi connectivity index (χ0v) is 21.9. The number of nitrogens with zero attached hydrogens (tertiary/aromatic N) is 1. The molecule has 7 nitrogen and oxygen atoms in total. The molecule has 1 aromatic carbocycles. The predicted octanol–water partition coefficient (Wildman–Crippen LogP) is 3.61. The number of fused-ring (bicyclic) bond motifs is 5. The number of methoxy groups -OCH3 is 1. The van der Waals surface area contributed by atoms with E-state index in [0.717, 1.165) is 11.3 Å². The second kappa shape index (κ2) is 9.49. The highest BCUT2D eigenvalue weighted by molar-refractivity contribution is 9.12. The van der Waals surface area contributed by atoms with Gasteiger partial charge in [0.05, 0.1) is 18.9 Å². The van der Waals surface area contributed by atoms with E-state index >= 15 is 0 Å². The number of alkyl halides is 2. The van der Waals surface area contributed by atoms with Gasteiger partial charge in [-0.2, -0.15) is 0 Å². The Bertz CT molecular complexity index is 932. The monoisotopic (exact) mass is 583 g/mol. The van der Waals surface area contributed by atoms with Gasteiger partial charge in [-0.05, 0) is 54.9 Å². The van der Waals surface area contributed by atoms with E-state index in [0.29, 0.717) is 11.3 Å². The Hall–Kier alpha value is -1.74. The minimum absolute atomic E-state index is 0.0467. The normalized spacial score (nSPS) is 31.2. The fraction of sp³-hybridized carbons (Fsp3) is 0.583. The van der Waals surface area contributed by atoms with E-state index in [1.165, 1.54) is 7.11 Å². The van der Waals surface area contributed by atoms with Gasteiger partial charge < -0.3 is 9.47 Å². The van der Waals surface area contributed by atoms with Gasteiger partial charge in [-0.15, -0.1) is 0 Å². The Morgan fingerprint density at radius 2 is 1.58 bits per heavy atom. The summed E-state index contributed by atoms with van der Waals surface area (Å²) in [5, 5.41) is 0. The van der Waals surface area contributed by atoms with Crippen molar-refractivity contribution in [3.8, 4) is 5.75 Å². The fourth-order valence-corrected chi connectivity index (χ4v) is 7.40. The number of hydrogen-bond acceptors (Lipinski definition) is 6. The Morgan fingerprint density at radius 1 is 1.03 bits per heavy atom. The lowest BCUT2D eigenvalue weighted by Gasteiger charge is -2.28. The third-order valence-electron chi connectivity index (χ3n) is 7.06. The molecule has 0 N–H and O–H groups in total. The first-order chi connectivity index (χ1) is 15.6. The van der Waals surface area contributed by atoms with Crippen LogP contribution in [0.1, 0.15) is 37.0 Å². The van der Waals surface area contributed by atoms with E-state index in [4.69, 9.17) is 9.47 Å². The van der Waals surface area contributed by atoms with Gasteiger partial charge in [-0.3, -0.25) is 19.3 Å². The Balaban J connectivity index is 1.48. The first kappa shape index (κ1) is 24.4. The van der Waals surface area contributed by atoms with E-state index in [9.17, 15) is 19.2 Å². The number of carbonyl (C=O) groups is 4. The second-order valence-corrected chi connectivity index (χ2v) is 11.6. The number of likely N-dealkylation sites (tertiary alicyclic amines) is 1. The number of ketones is 1. The van der Waals surface area contributed by atoms with Gasteiger partial charge in [-0.25, -0.2) is 4.79 Å². The zero-order valence-electron chi connectivity index (χ0n) is 18.7. The van der Waals surface area contributed by atoms with Gasteiger partial charge in [0.15, 0.2) is 12.4 Å². The smallest absolute Gasteiger partial charge is 0.329 e. The average Bonchev–Trinajstić information content (AvgIpc) is 3.40. The minimum Gasteiger partial charge on any atom is -0.497 e. The molecule has 7 unspecified atom stereocenters. The number of ether oxygens (including phenoxy) is 2. The topological polar surface area (TPSA) is 90.0 Å². The van der Waals surface area contributed by atoms with Gasteiger partial charge in [0.1, 0.15) is 11.8 Å². The average molecular weight is 585 g/mol. The molecule has 2 amide bonds. The van der Waals surface area contributed by atoms with Crippen LogP contribution in [0.15, 0.2) is 24.3 Å². The van der Waals surface area contributed by atoms with E-state index in [-0.39, 0.29) is 51.4 Å². The number of amides is 2. The van der Waals surface area contributed by atoms with Crippen LogP contribution in [-0.2, 0) is 19.1 Å². The molecular weight excluding hydrogens is 558 g/mol. The Morgan fingerprint density at radius 3 is 2.06 bits per heavy atom. The van der Waals surface area contributed by atoms with Crippen molar-refractivity contribution in [2.75, 3.05) is 13.7 Å². The highest BCUT2D eigenvalue weighted by atomic mass is 79.9. The highest BCUT2D eigenvalue weighted by Gasteiger charge is 2.67. The largest absolute Gasteiger partial charge is 0.497 e. The predicted molar refractivity (Wildman–Crippen MR) is 127 cm³/mol. The lowest BCUT2D eigenvalue weighted by Crippen LogP contribution is -2.48. The molecule has 0 aromatic heterocycles. The summed E-state index contributed by atoms with van der Waals surface area (Å²) in [4.78, 5) is 53.7. The summed E-state index contributed by atoms with van der Waals surface area (Å²) in [6.07, 6.45) is 1.11. The van der Waals surface area contributed by atoms with Crippen molar-refractivity contribution < 1.29 is 28.7 Å². The summed E-state index contributed by atoms with van der Waals surface area (Å²) in [7, 11) is 1.53. The molecular formula is C24H27Br2NO6. The van der Waals surface area contributed by atoms with Crippen molar-refractivity contribution in [2.45, 2.75) is 42.4 Å². The molecule has 3 aliphatic rings. The SMILES string of the molecule is COc1ccc(C(=O)COC(=O)C(CC(C)C)N2C(=O)C3C4CC(C(Br)C4Br)C3C2=O)cc1. The summed E-state index contributed by atoms with van der Waals surface area (Å²) < 4.78 is 10.4. The van der Waals surface area contributed by atoms with E-state index < -0.39 is 30.5 Å². The third kappa shape index (κ3) is 4.27. The van der Waals surface area contributed by atoms with Gasteiger partial charge in [0, 0.05) is 15.2 Å². The Labute approximate surface area is 209 Å². The van der Waals surface area contributed by atoms with Crippen LogP contribution >= 0.6 is 31.9 Å². The van der Waals surface area contributed by atoms with Crippen LogP contribution in [0.3, 0.4) is 0 Å². The fourth-order valence-electron chi connectivity index (χ4n) is 5.53. The van der Waals surface area contributed by atoms with Crippen LogP contribution in [0.2, 0.25) is 0 Å². The summed E-state index contributed by atoms with van der Waals surface area (Å²) in [5.74, 6) is -1.66. The zero-order chi connectivity index (χ0) is 24.0. The third-order valence-corrected chi connectivity index (χ3v) is 10.3. The molecule has 2 bridgehead atoms. The molecule has 4 rings (SSSR count). The Kier molecular flexibility index (Phi) is 7.01. The number of rotatable bonds is 8. The molecule has 1 aliphatic heterocycles. The lowest BCUT2D eigenvalue weighted by molar-refractivity contribution is -0.159. The summed E-state index contributed by atoms with van der Waals surface area (Å²) in [6.45, 7) is 3.38. The highest BCUT2D eigenvalue weighted by Crippen LogP contribution is 2.60. The van der Waals surface area contributed by atoms with Gasteiger partial charge in [0.2, 0.25) is 11.8 Å². The molecule has 7 atom stereocenters. The van der Waals surface area contributed by atoms with Crippen LogP contribution < -0.4 is 4.74 Å². The summed E-state index contributed by atoms with van der Waals surface area (Å²) in [5.41, 5.74) is 0.384. The number of hydrogen-bond donors (Lipinski definition) is 0. The van der Waals surface area contributed by atoms with Gasteiger partial charge in [-0.1, -0.05) is 45.7 Å². The molecule has 9 heteroatoms. The lowest BCUT2D eigenvalue weighted by atomic mass is 9.81. The van der Waals surface area contributed by atoms with Gasteiger partial charge in [0.25, 0.3) is 0 Å². The van der Waals surface area contributed by atoms with Crippen LogP contribution in [-0.4, -0.2) is 57.9 Å². The van der Waals surface area contributed by atoms with Crippen LogP contribution in [0.25, 0.3) is 0 Å². The molecule has 33 heavy (non-hydrogen) atoms. The standard InChI is InChI=1S/C24H27Br2NO6/c1-11(2)8-16(24(31)33-10-17(28)12-4-6-13(32-3)7-5-12)27-22(29)18-14-9-15(19(18)23(27)30)21(26)20(14)25/h4-7,11,14-16,18-21H,8-10H2,1-3H3.